The number of nitrogens with zero attached hydrogens (tertiary/aromatic N) is 5. The molecule has 1 unspecified atom stereocenters. The predicted molar refractivity (Wildman–Crippen MR) is 197 cm³/mol. The highest BCUT2D eigenvalue weighted by atomic mass is 32.2. The van der Waals surface area contributed by atoms with Gasteiger partial charge in [0.25, 0.3) is 0 Å². The van der Waals surface area contributed by atoms with E-state index in [1.165, 1.54) is 23.3 Å². The molecule has 3 fully saturated rings. The van der Waals surface area contributed by atoms with Crippen LogP contribution in [0.4, 0.5) is 31.5 Å². The molecule has 0 spiro atoms. The van der Waals surface area contributed by atoms with Gasteiger partial charge in [0.15, 0.2) is 0 Å². The lowest BCUT2D eigenvalue weighted by atomic mass is 9.86. The Morgan fingerprint density at radius 2 is 1.21 bits per heavy atom. The number of hydrogen-bond donors (Lipinski definition) is 1. The van der Waals surface area contributed by atoms with Crippen molar-refractivity contribution in [3.63, 3.8) is 0 Å². The van der Waals surface area contributed by atoms with Gasteiger partial charge in [0.1, 0.15) is 23.8 Å². The first kappa shape index (κ1) is 34.7. The molecule has 2 aliphatic carbocycles. The van der Waals surface area contributed by atoms with Crippen molar-refractivity contribution in [3.05, 3.63) is 129 Å². The SMILES string of the molecule is O=S1O[C@H]2[C@H](N3c4ccccc4CCc4cc(F)ccc43)CCC[C@H]2O1.[N-]=[N+]=N[C@H]1CCC[C@@H](N2c3ccccc3CCc3cc(F)ccc32)[C@@H]1O. The molecule has 9 rings (SSSR count). The Morgan fingerprint density at radius 1 is 0.692 bits per heavy atom. The van der Waals surface area contributed by atoms with Gasteiger partial charge in [-0.1, -0.05) is 47.9 Å². The van der Waals surface area contributed by atoms with E-state index in [2.05, 4.69) is 44.1 Å². The average Bonchev–Trinajstić information content (AvgIpc) is 3.37. The Morgan fingerprint density at radius 3 is 1.83 bits per heavy atom. The zero-order valence-corrected chi connectivity index (χ0v) is 29.5. The summed E-state index contributed by atoms with van der Waals surface area (Å²) in [4.78, 5) is 7.32. The molecule has 1 N–H and O–H groups in total. The fourth-order valence-corrected chi connectivity index (χ4v) is 9.72. The second-order valence-corrected chi connectivity index (χ2v) is 15.0. The van der Waals surface area contributed by atoms with E-state index in [4.69, 9.17) is 13.9 Å². The van der Waals surface area contributed by atoms with Gasteiger partial charge < -0.3 is 14.9 Å². The summed E-state index contributed by atoms with van der Waals surface area (Å²) in [5, 5.41) is 14.7. The lowest BCUT2D eigenvalue weighted by Crippen LogP contribution is -2.49. The van der Waals surface area contributed by atoms with Crippen LogP contribution in [0, 0.1) is 11.6 Å². The Labute approximate surface area is 304 Å². The van der Waals surface area contributed by atoms with Crippen LogP contribution in [0.25, 0.3) is 10.4 Å². The highest BCUT2D eigenvalue weighted by Gasteiger charge is 2.47. The number of fused-ring (bicyclic) bond motifs is 5. The average molecular weight is 726 g/mol. The molecule has 12 heteroatoms. The van der Waals surface area contributed by atoms with Crippen molar-refractivity contribution in [1.82, 2.24) is 0 Å². The maximum Gasteiger partial charge on any atom is 0.305 e. The third-order valence-corrected chi connectivity index (χ3v) is 12.0. The lowest BCUT2D eigenvalue weighted by molar-refractivity contribution is 0.0879. The zero-order valence-electron chi connectivity index (χ0n) is 28.7. The van der Waals surface area contributed by atoms with Gasteiger partial charge in [0.2, 0.25) is 0 Å². The molecule has 3 aliphatic heterocycles. The summed E-state index contributed by atoms with van der Waals surface area (Å²) in [5.74, 6) is -0.455. The van der Waals surface area contributed by atoms with Crippen LogP contribution in [0.2, 0.25) is 0 Å². The van der Waals surface area contributed by atoms with Crippen LogP contribution in [-0.2, 0) is 45.4 Å². The van der Waals surface area contributed by atoms with Gasteiger partial charge in [0, 0.05) is 27.7 Å². The quantitative estimate of drug-likeness (QED) is 0.129. The van der Waals surface area contributed by atoms with E-state index in [0.29, 0.717) is 6.42 Å². The zero-order chi connectivity index (χ0) is 35.8. The second kappa shape index (κ2) is 15.0. The van der Waals surface area contributed by atoms with E-state index >= 15 is 0 Å². The fraction of sp³-hybridized carbons (Fsp3) is 0.400. The lowest BCUT2D eigenvalue weighted by Gasteiger charge is -2.42. The molecule has 0 bridgehead atoms. The Kier molecular flexibility index (Phi) is 10.00. The van der Waals surface area contributed by atoms with Gasteiger partial charge in [-0.3, -0.25) is 8.37 Å². The number of aliphatic hydroxyl groups excluding tert-OH is 1. The van der Waals surface area contributed by atoms with E-state index in [1.54, 1.807) is 18.2 Å². The van der Waals surface area contributed by atoms with E-state index in [1.807, 2.05) is 30.3 Å². The molecule has 3 heterocycles. The van der Waals surface area contributed by atoms with Gasteiger partial charge in [-0.05, 0) is 134 Å². The Balaban J connectivity index is 0.000000149. The third-order valence-electron chi connectivity index (χ3n) is 11.2. The van der Waals surface area contributed by atoms with Gasteiger partial charge in [-0.25, -0.2) is 8.78 Å². The minimum absolute atomic E-state index is 0.0173. The van der Waals surface area contributed by atoms with Crippen molar-refractivity contribution in [3.8, 4) is 0 Å². The number of rotatable bonds is 3. The number of benzene rings is 4. The molecule has 0 aromatic heterocycles. The van der Waals surface area contributed by atoms with Crippen molar-refractivity contribution < 1.29 is 26.5 Å². The minimum atomic E-state index is -1.68. The third kappa shape index (κ3) is 6.70. The largest absolute Gasteiger partial charge is 0.391 e. The molecular weight excluding hydrogens is 685 g/mol. The molecule has 7 atom stereocenters. The number of aryl methyl sites for hydroxylation is 4. The summed E-state index contributed by atoms with van der Waals surface area (Å²) in [6.07, 6.45) is 7.23. The number of azide groups is 1. The Bertz CT molecular complexity index is 2030. The summed E-state index contributed by atoms with van der Waals surface area (Å²) >= 11 is -1.68. The molecule has 1 saturated heterocycles. The maximum atomic E-state index is 13.9. The van der Waals surface area contributed by atoms with E-state index < -0.39 is 23.5 Å². The first-order valence-corrected chi connectivity index (χ1v) is 19.2. The molecule has 270 valence electrons. The maximum absolute atomic E-state index is 13.9. The molecule has 5 aliphatic rings. The minimum Gasteiger partial charge on any atom is -0.391 e. The van der Waals surface area contributed by atoms with E-state index in [9.17, 15) is 18.1 Å². The van der Waals surface area contributed by atoms with Crippen molar-refractivity contribution in [2.45, 2.75) is 101 Å². The first-order valence-electron chi connectivity index (χ1n) is 18.2. The number of halogens is 2. The topological polar surface area (TPSA) is 111 Å². The monoisotopic (exact) mass is 725 g/mol. The van der Waals surface area contributed by atoms with Gasteiger partial charge in [-0.15, -0.1) is 0 Å². The van der Waals surface area contributed by atoms with Crippen LogP contribution in [0.1, 0.15) is 60.8 Å². The molecule has 4 aromatic rings. The number of para-hydroxylation sites is 2. The molecule has 9 nitrogen and oxygen atoms in total. The van der Waals surface area contributed by atoms with Crippen molar-refractivity contribution in [2.24, 2.45) is 5.11 Å². The van der Waals surface area contributed by atoms with Gasteiger partial charge >= 0.3 is 11.4 Å². The molecule has 0 radical (unpaired) electrons. The van der Waals surface area contributed by atoms with Crippen molar-refractivity contribution in [2.75, 3.05) is 9.80 Å². The first-order chi connectivity index (χ1) is 25.4. The van der Waals surface area contributed by atoms with Crippen LogP contribution in [0.3, 0.4) is 0 Å². The predicted octanol–water partition coefficient (Wildman–Crippen LogP) is 8.63. The normalized spacial score (nSPS) is 27.6. The number of anilines is 4. The van der Waals surface area contributed by atoms with E-state index in [0.717, 1.165) is 91.7 Å². The van der Waals surface area contributed by atoms with Crippen LogP contribution < -0.4 is 9.80 Å². The molecule has 52 heavy (non-hydrogen) atoms. The molecular formula is C40H41F2N5O4S. The highest BCUT2D eigenvalue weighted by molar-refractivity contribution is 7.75. The summed E-state index contributed by atoms with van der Waals surface area (Å²) in [7, 11) is 0. The Hall–Kier alpha value is -4.32. The number of aliphatic hydroxyl groups is 1. The summed E-state index contributed by atoms with van der Waals surface area (Å²) in [5.41, 5.74) is 17.3. The summed E-state index contributed by atoms with van der Waals surface area (Å²) < 4.78 is 50.7. The number of hydrogen-bond acceptors (Lipinski definition) is 7. The summed E-state index contributed by atoms with van der Waals surface area (Å²) in [6, 6.07) is 25.7. The summed E-state index contributed by atoms with van der Waals surface area (Å²) in [6.45, 7) is 0. The smallest absolute Gasteiger partial charge is 0.305 e. The molecule has 0 amide bonds. The fourth-order valence-electron chi connectivity index (χ4n) is 8.84. The van der Waals surface area contributed by atoms with Crippen LogP contribution in [0.5, 0.6) is 0 Å². The van der Waals surface area contributed by atoms with Crippen molar-refractivity contribution >= 4 is 34.1 Å². The van der Waals surface area contributed by atoms with Crippen molar-refractivity contribution in [1.29, 1.82) is 0 Å². The second-order valence-electron chi connectivity index (χ2n) is 14.2. The van der Waals surface area contributed by atoms with Crippen LogP contribution in [-0.4, -0.2) is 45.8 Å². The van der Waals surface area contributed by atoms with Crippen LogP contribution in [0.15, 0.2) is 90.0 Å². The van der Waals surface area contributed by atoms with E-state index in [-0.39, 0.29) is 35.9 Å². The molecule has 2 saturated carbocycles. The van der Waals surface area contributed by atoms with Gasteiger partial charge in [0.05, 0.1) is 24.2 Å². The van der Waals surface area contributed by atoms with Crippen LogP contribution >= 0.6 is 0 Å². The highest BCUT2D eigenvalue weighted by Crippen LogP contribution is 2.44. The standard InChI is InChI=1S/C20H21FN4O.C20H20FNO3S/c21-15-10-11-18-14(12-15)9-8-13-4-1-2-6-17(13)25(18)19-7-3-5-16(20(19)26)23-24-22;21-15-10-11-17-14(12-15)9-8-13-4-1-2-5-16(13)22(17)18-6-3-7-19-20(18)25-26(23)24-19/h1-2,4,6,10-12,16,19-20,26H,3,5,7-9H2;1-2,4-5,10-12,18-20H,3,6-9H2/t16-,19+,20+;18-,19-,20+,26?/m01/s1. The molecule has 4 aromatic carbocycles. The van der Waals surface area contributed by atoms with Gasteiger partial charge in [-0.2, -0.15) is 4.21 Å².